The van der Waals surface area contributed by atoms with Gasteiger partial charge in [0.2, 0.25) is 11.8 Å². The summed E-state index contributed by atoms with van der Waals surface area (Å²) in [6.07, 6.45) is 13.7. The molecule has 0 radical (unpaired) electrons. The van der Waals surface area contributed by atoms with Crippen LogP contribution in [0.1, 0.15) is 88.5 Å². The van der Waals surface area contributed by atoms with Crippen molar-refractivity contribution in [2.24, 2.45) is 0 Å². The van der Waals surface area contributed by atoms with Crippen LogP contribution in [0.5, 0.6) is 0 Å². The Balaban J connectivity index is 1.69. The van der Waals surface area contributed by atoms with E-state index >= 15 is 0 Å². The summed E-state index contributed by atoms with van der Waals surface area (Å²) in [5.41, 5.74) is 0.787. The molecule has 0 saturated heterocycles. The van der Waals surface area contributed by atoms with Crippen LogP contribution < -0.4 is 10.6 Å². The molecule has 0 unspecified atom stereocenters. The zero-order valence-electron chi connectivity index (χ0n) is 16.4. The third kappa shape index (κ3) is 6.08. The average Bonchev–Trinajstić information content (AvgIpc) is 3.08. The van der Waals surface area contributed by atoms with E-state index in [9.17, 15) is 9.59 Å². The molecule has 2 fully saturated rings. The fraction of sp³-hybridized carbons (Fsp3) is 0.652. The molecule has 0 heterocycles. The van der Waals surface area contributed by atoms with Crippen molar-refractivity contribution in [3.05, 3.63) is 35.9 Å². The van der Waals surface area contributed by atoms with Crippen molar-refractivity contribution in [3.8, 4) is 0 Å². The number of benzene rings is 1. The zero-order chi connectivity index (χ0) is 18.9. The molecule has 3 rings (SSSR count). The number of hydrogen-bond donors (Lipinski definition) is 2. The highest BCUT2D eigenvalue weighted by Gasteiger charge is 2.31. The van der Waals surface area contributed by atoms with Gasteiger partial charge < -0.3 is 10.6 Å². The van der Waals surface area contributed by atoms with Crippen LogP contribution in [-0.4, -0.2) is 23.9 Å². The van der Waals surface area contributed by atoms with Crippen LogP contribution in [-0.2, 0) is 9.59 Å². The Kier molecular flexibility index (Phi) is 7.73. The van der Waals surface area contributed by atoms with Crippen LogP contribution in [0.15, 0.2) is 30.3 Å². The van der Waals surface area contributed by atoms with Gasteiger partial charge in [0.15, 0.2) is 0 Å². The van der Waals surface area contributed by atoms with Gasteiger partial charge in [-0.2, -0.15) is 0 Å². The third-order valence-electron chi connectivity index (χ3n) is 6.06. The monoisotopic (exact) mass is 370 g/mol. The summed E-state index contributed by atoms with van der Waals surface area (Å²) >= 11 is 0. The topological polar surface area (TPSA) is 58.2 Å². The Morgan fingerprint density at radius 3 is 1.48 bits per heavy atom. The van der Waals surface area contributed by atoms with Gasteiger partial charge in [-0.25, -0.2) is 0 Å². The lowest BCUT2D eigenvalue weighted by Crippen LogP contribution is -2.46. The first kappa shape index (κ1) is 19.9. The van der Waals surface area contributed by atoms with Crippen molar-refractivity contribution >= 4 is 11.8 Å². The standard InChI is InChI=1S/C23H34N2O2/c26-22(24-19-14-8-1-2-9-15-19)21(18-12-6-5-7-13-18)23(27)25-20-16-10-3-4-11-17-20/h5-7,12-13,19-21H,1-4,8-11,14-17H2,(H,24,26)(H,25,27). The SMILES string of the molecule is O=C(NC1CCCCCC1)C(C(=O)NC1CCCCCC1)c1ccccc1. The molecule has 2 saturated carbocycles. The van der Waals surface area contributed by atoms with E-state index in [0.29, 0.717) is 0 Å². The van der Waals surface area contributed by atoms with Gasteiger partial charge in [0.25, 0.3) is 0 Å². The van der Waals surface area contributed by atoms with Crippen LogP contribution in [0.3, 0.4) is 0 Å². The second kappa shape index (κ2) is 10.5. The summed E-state index contributed by atoms with van der Waals surface area (Å²) in [5.74, 6) is -1.03. The van der Waals surface area contributed by atoms with Gasteiger partial charge in [0, 0.05) is 12.1 Å². The minimum atomic E-state index is -0.752. The number of carbonyl (C=O) groups is 2. The molecular formula is C23H34N2O2. The average molecular weight is 371 g/mol. The fourth-order valence-corrected chi connectivity index (χ4v) is 4.48. The third-order valence-corrected chi connectivity index (χ3v) is 6.06. The Morgan fingerprint density at radius 1 is 0.667 bits per heavy atom. The second-order valence-corrected chi connectivity index (χ2v) is 8.24. The van der Waals surface area contributed by atoms with Gasteiger partial charge in [0.1, 0.15) is 5.92 Å². The molecule has 0 bridgehead atoms. The Morgan fingerprint density at radius 2 is 1.07 bits per heavy atom. The smallest absolute Gasteiger partial charge is 0.237 e. The zero-order valence-corrected chi connectivity index (χ0v) is 16.4. The molecule has 1 aromatic rings. The van der Waals surface area contributed by atoms with Crippen molar-refractivity contribution in [2.75, 3.05) is 0 Å². The second-order valence-electron chi connectivity index (χ2n) is 8.24. The highest BCUT2D eigenvalue weighted by atomic mass is 16.2. The molecule has 148 valence electrons. The molecule has 2 N–H and O–H groups in total. The molecule has 1 aromatic carbocycles. The first-order chi connectivity index (χ1) is 13.2. The molecule has 0 aromatic heterocycles. The highest BCUT2D eigenvalue weighted by Crippen LogP contribution is 2.22. The van der Waals surface area contributed by atoms with E-state index in [1.54, 1.807) is 0 Å². The first-order valence-electron chi connectivity index (χ1n) is 10.9. The van der Waals surface area contributed by atoms with Gasteiger partial charge in [-0.3, -0.25) is 9.59 Å². The number of carbonyl (C=O) groups excluding carboxylic acids is 2. The molecule has 0 aliphatic heterocycles. The molecule has 2 aliphatic carbocycles. The summed E-state index contributed by atoms with van der Waals surface area (Å²) in [6, 6.07) is 9.93. The first-order valence-corrected chi connectivity index (χ1v) is 10.9. The van der Waals surface area contributed by atoms with Crippen LogP contribution >= 0.6 is 0 Å². The van der Waals surface area contributed by atoms with Gasteiger partial charge in [-0.05, 0) is 31.2 Å². The maximum absolute atomic E-state index is 13.1. The van der Waals surface area contributed by atoms with Crippen LogP contribution in [0.25, 0.3) is 0 Å². The van der Waals surface area contributed by atoms with E-state index in [0.717, 1.165) is 56.9 Å². The molecule has 0 atom stereocenters. The molecule has 2 aliphatic rings. The van der Waals surface area contributed by atoms with E-state index < -0.39 is 5.92 Å². The minimum absolute atomic E-state index is 0.140. The lowest BCUT2D eigenvalue weighted by atomic mass is 9.95. The summed E-state index contributed by atoms with van der Waals surface area (Å²) in [4.78, 5) is 26.2. The van der Waals surface area contributed by atoms with Crippen LogP contribution in [0.2, 0.25) is 0 Å². The summed E-state index contributed by atoms with van der Waals surface area (Å²) in [7, 11) is 0. The number of amides is 2. The predicted molar refractivity (Wildman–Crippen MR) is 108 cm³/mol. The van der Waals surface area contributed by atoms with Crippen LogP contribution in [0.4, 0.5) is 0 Å². The molecule has 27 heavy (non-hydrogen) atoms. The number of nitrogens with one attached hydrogen (secondary N) is 2. The molecule has 0 spiro atoms. The quantitative estimate of drug-likeness (QED) is 0.594. The minimum Gasteiger partial charge on any atom is -0.352 e. The van der Waals surface area contributed by atoms with Gasteiger partial charge >= 0.3 is 0 Å². The maximum atomic E-state index is 13.1. The summed E-state index contributed by atoms with van der Waals surface area (Å²) < 4.78 is 0. The lowest BCUT2D eigenvalue weighted by Gasteiger charge is -2.24. The van der Waals surface area contributed by atoms with E-state index in [4.69, 9.17) is 0 Å². The predicted octanol–water partition coefficient (Wildman–Crippen LogP) is 4.45. The van der Waals surface area contributed by atoms with Gasteiger partial charge in [-0.1, -0.05) is 81.7 Å². The number of rotatable bonds is 5. The highest BCUT2D eigenvalue weighted by molar-refractivity contribution is 6.05. The van der Waals surface area contributed by atoms with E-state index in [-0.39, 0.29) is 23.9 Å². The van der Waals surface area contributed by atoms with Gasteiger partial charge in [-0.15, -0.1) is 0 Å². The van der Waals surface area contributed by atoms with Crippen molar-refractivity contribution < 1.29 is 9.59 Å². The number of hydrogen-bond acceptors (Lipinski definition) is 2. The van der Waals surface area contributed by atoms with E-state index in [1.165, 1.54) is 25.7 Å². The van der Waals surface area contributed by atoms with Crippen molar-refractivity contribution in [2.45, 2.75) is 95.1 Å². The molecule has 4 heteroatoms. The Bertz CT molecular complexity index is 552. The maximum Gasteiger partial charge on any atom is 0.237 e. The van der Waals surface area contributed by atoms with E-state index in [1.807, 2.05) is 30.3 Å². The molecule has 4 nitrogen and oxygen atoms in total. The largest absolute Gasteiger partial charge is 0.352 e. The van der Waals surface area contributed by atoms with Crippen molar-refractivity contribution in [3.63, 3.8) is 0 Å². The molecular weight excluding hydrogens is 336 g/mol. The normalized spacial score (nSPS) is 19.9. The van der Waals surface area contributed by atoms with Crippen molar-refractivity contribution in [1.29, 1.82) is 0 Å². The molecule has 2 amide bonds. The van der Waals surface area contributed by atoms with Crippen LogP contribution in [0, 0.1) is 0 Å². The Hall–Kier alpha value is -1.84. The van der Waals surface area contributed by atoms with Crippen molar-refractivity contribution in [1.82, 2.24) is 10.6 Å². The summed E-state index contributed by atoms with van der Waals surface area (Å²) in [6.45, 7) is 0. The lowest BCUT2D eigenvalue weighted by molar-refractivity contribution is -0.132. The summed E-state index contributed by atoms with van der Waals surface area (Å²) in [5, 5.41) is 6.38. The Labute approximate surface area is 163 Å². The van der Waals surface area contributed by atoms with E-state index in [2.05, 4.69) is 10.6 Å². The van der Waals surface area contributed by atoms with Gasteiger partial charge in [0.05, 0.1) is 0 Å². The fourth-order valence-electron chi connectivity index (χ4n) is 4.48.